The number of nitrogens with one attached hydrogen (secondary N) is 1. The highest BCUT2D eigenvalue weighted by Crippen LogP contribution is 2.24. The molecule has 4 heteroatoms. The van der Waals surface area contributed by atoms with E-state index < -0.39 is 0 Å². The Balaban J connectivity index is 1.65. The fourth-order valence-electron chi connectivity index (χ4n) is 2.09. The second kappa shape index (κ2) is 5.89. The van der Waals surface area contributed by atoms with Gasteiger partial charge in [0, 0.05) is 22.8 Å². The lowest BCUT2D eigenvalue weighted by atomic mass is 10.1. The number of hydrogen-bond acceptors (Lipinski definition) is 4. The average Bonchev–Trinajstić information content (AvgIpc) is 3.01. The third kappa shape index (κ3) is 3.15. The van der Waals surface area contributed by atoms with Gasteiger partial charge in [-0.1, -0.05) is 12.1 Å². The first-order valence-corrected chi connectivity index (χ1v) is 7.34. The summed E-state index contributed by atoms with van der Waals surface area (Å²) < 4.78 is 5.55. The van der Waals surface area contributed by atoms with Gasteiger partial charge in [-0.25, -0.2) is 4.98 Å². The van der Waals surface area contributed by atoms with Gasteiger partial charge in [-0.3, -0.25) is 0 Å². The smallest absolute Gasteiger partial charge is 0.123 e. The van der Waals surface area contributed by atoms with Gasteiger partial charge in [0.2, 0.25) is 0 Å². The van der Waals surface area contributed by atoms with Crippen LogP contribution in [0.25, 0.3) is 10.6 Å². The lowest BCUT2D eigenvalue weighted by Gasteiger charge is -2.20. The predicted octanol–water partition coefficient (Wildman–Crippen LogP) is 3.91. The first kappa shape index (κ1) is 12.2. The minimum absolute atomic E-state index is 0.272. The van der Waals surface area contributed by atoms with Crippen molar-refractivity contribution in [1.82, 2.24) is 4.98 Å². The first-order chi connectivity index (χ1) is 9.42. The molecule has 0 spiro atoms. The maximum atomic E-state index is 5.55. The molecule has 2 heterocycles. The Bertz CT molecular complexity index is 551. The van der Waals surface area contributed by atoms with Crippen molar-refractivity contribution in [3.05, 3.63) is 48.2 Å². The Morgan fingerprint density at radius 3 is 3.21 bits per heavy atom. The van der Waals surface area contributed by atoms with Gasteiger partial charge in [0.15, 0.2) is 0 Å². The van der Waals surface area contributed by atoms with Crippen LogP contribution in [0.3, 0.4) is 0 Å². The SMILES string of the molecule is C1=COC(CNc2cccc(-c3nccs3)c2)CC1. The van der Waals surface area contributed by atoms with Crippen LogP contribution in [-0.4, -0.2) is 17.6 Å². The molecule has 0 saturated heterocycles. The number of aromatic nitrogens is 1. The number of ether oxygens (including phenoxy) is 1. The summed E-state index contributed by atoms with van der Waals surface area (Å²) in [6.45, 7) is 0.839. The van der Waals surface area contributed by atoms with E-state index in [4.69, 9.17) is 4.74 Å². The zero-order valence-electron chi connectivity index (χ0n) is 10.6. The fraction of sp³-hybridized carbons (Fsp3) is 0.267. The van der Waals surface area contributed by atoms with E-state index in [1.54, 1.807) is 11.3 Å². The predicted molar refractivity (Wildman–Crippen MR) is 79.3 cm³/mol. The van der Waals surface area contributed by atoms with E-state index in [0.29, 0.717) is 0 Å². The maximum absolute atomic E-state index is 5.55. The summed E-state index contributed by atoms with van der Waals surface area (Å²) in [6.07, 6.45) is 8.17. The number of nitrogens with zero attached hydrogens (tertiary/aromatic N) is 1. The van der Waals surface area contributed by atoms with E-state index in [9.17, 15) is 0 Å². The first-order valence-electron chi connectivity index (χ1n) is 6.46. The van der Waals surface area contributed by atoms with Gasteiger partial charge in [0.05, 0.1) is 12.8 Å². The molecule has 0 aliphatic carbocycles. The topological polar surface area (TPSA) is 34.1 Å². The molecule has 1 aromatic carbocycles. The average molecular weight is 272 g/mol. The van der Waals surface area contributed by atoms with Crippen LogP contribution < -0.4 is 5.32 Å². The fourth-order valence-corrected chi connectivity index (χ4v) is 2.73. The molecule has 0 fully saturated rings. The van der Waals surface area contributed by atoms with E-state index in [2.05, 4.69) is 40.6 Å². The molecule has 1 aliphatic heterocycles. The van der Waals surface area contributed by atoms with Crippen molar-refractivity contribution in [3.8, 4) is 10.6 Å². The van der Waals surface area contributed by atoms with Crippen molar-refractivity contribution in [3.63, 3.8) is 0 Å². The molecule has 1 atom stereocenters. The summed E-state index contributed by atoms with van der Waals surface area (Å²) in [6, 6.07) is 8.36. The second-order valence-electron chi connectivity index (χ2n) is 4.51. The summed E-state index contributed by atoms with van der Waals surface area (Å²) >= 11 is 1.66. The van der Waals surface area contributed by atoms with Gasteiger partial charge in [0.25, 0.3) is 0 Å². The lowest BCUT2D eigenvalue weighted by Crippen LogP contribution is -2.22. The van der Waals surface area contributed by atoms with Crippen LogP contribution in [0.15, 0.2) is 48.2 Å². The number of benzene rings is 1. The van der Waals surface area contributed by atoms with Gasteiger partial charge >= 0.3 is 0 Å². The van der Waals surface area contributed by atoms with Crippen molar-refractivity contribution < 1.29 is 4.74 Å². The Hall–Kier alpha value is -1.81. The largest absolute Gasteiger partial charge is 0.497 e. The summed E-state index contributed by atoms with van der Waals surface area (Å²) in [7, 11) is 0. The van der Waals surface area contributed by atoms with Crippen molar-refractivity contribution in [2.24, 2.45) is 0 Å². The van der Waals surface area contributed by atoms with Crippen LogP contribution in [0.1, 0.15) is 12.8 Å². The van der Waals surface area contributed by atoms with Crippen LogP contribution >= 0.6 is 11.3 Å². The molecule has 1 unspecified atom stereocenters. The summed E-state index contributed by atoms with van der Waals surface area (Å²) in [4.78, 5) is 4.33. The van der Waals surface area contributed by atoms with Crippen LogP contribution in [0.2, 0.25) is 0 Å². The van der Waals surface area contributed by atoms with E-state index in [0.717, 1.165) is 35.6 Å². The summed E-state index contributed by atoms with van der Waals surface area (Å²) in [5.41, 5.74) is 2.27. The van der Waals surface area contributed by atoms with Crippen molar-refractivity contribution in [2.75, 3.05) is 11.9 Å². The highest BCUT2D eigenvalue weighted by atomic mass is 32.1. The normalized spacial score (nSPS) is 18.0. The third-order valence-electron chi connectivity index (χ3n) is 3.10. The number of thiazole rings is 1. The molecule has 1 aromatic heterocycles. The number of allylic oxidation sites excluding steroid dienone is 1. The van der Waals surface area contributed by atoms with E-state index in [1.165, 1.54) is 0 Å². The number of anilines is 1. The van der Waals surface area contributed by atoms with Crippen molar-refractivity contribution in [1.29, 1.82) is 0 Å². The molecule has 1 N–H and O–H groups in total. The van der Waals surface area contributed by atoms with Crippen LogP contribution in [-0.2, 0) is 4.74 Å². The molecule has 0 amide bonds. The van der Waals surface area contributed by atoms with E-state index in [1.807, 2.05) is 17.8 Å². The molecule has 3 nitrogen and oxygen atoms in total. The van der Waals surface area contributed by atoms with Gasteiger partial charge in [-0.15, -0.1) is 11.3 Å². The minimum atomic E-state index is 0.272. The molecule has 3 rings (SSSR count). The molecule has 0 radical (unpaired) electrons. The van der Waals surface area contributed by atoms with Crippen LogP contribution in [0.4, 0.5) is 5.69 Å². The van der Waals surface area contributed by atoms with Gasteiger partial charge in [-0.05, 0) is 31.1 Å². The van der Waals surface area contributed by atoms with Gasteiger partial charge < -0.3 is 10.1 Å². The molecule has 2 aromatic rings. The summed E-state index contributed by atoms with van der Waals surface area (Å²) in [5.74, 6) is 0. The molecule has 1 aliphatic rings. The Kier molecular flexibility index (Phi) is 3.79. The molecular weight excluding hydrogens is 256 g/mol. The standard InChI is InChI=1S/C15H16N2OS/c1-2-8-18-14(6-1)11-17-13-5-3-4-12(10-13)15-16-7-9-19-15/h2-5,7-10,14,17H,1,6,11H2. The molecule has 98 valence electrons. The van der Waals surface area contributed by atoms with Crippen molar-refractivity contribution in [2.45, 2.75) is 18.9 Å². The van der Waals surface area contributed by atoms with Gasteiger partial charge in [0.1, 0.15) is 11.1 Å². The molecule has 19 heavy (non-hydrogen) atoms. The highest BCUT2D eigenvalue weighted by molar-refractivity contribution is 7.13. The zero-order chi connectivity index (χ0) is 12.9. The Morgan fingerprint density at radius 2 is 2.42 bits per heavy atom. The van der Waals surface area contributed by atoms with Crippen LogP contribution in [0, 0.1) is 0 Å². The molecule has 0 saturated carbocycles. The molecular formula is C15H16N2OS. The lowest BCUT2D eigenvalue weighted by molar-refractivity contribution is 0.135. The van der Waals surface area contributed by atoms with Crippen molar-refractivity contribution >= 4 is 17.0 Å². The monoisotopic (exact) mass is 272 g/mol. The summed E-state index contributed by atoms with van der Waals surface area (Å²) in [5, 5.41) is 6.49. The van der Waals surface area contributed by atoms with Gasteiger partial charge in [-0.2, -0.15) is 0 Å². The Morgan fingerprint density at radius 1 is 1.42 bits per heavy atom. The van der Waals surface area contributed by atoms with E-state index >= 15 is 0 Å². The third-order valence-corrected chi connectivity index (χ3v) is 3.92. The Labute approximate surface area is 117 Å². The quantitative estimate of drug-likeness (QED) is 0.916. The number of hydrogen-bond donors (Lipinski definition) is 1. The second-order valence-corrected chi connectivity index (χ2v) is 5.40. The zero-order valence-corrected chi connectivity index (χ0v) is 11.4. The maximum Gasteiger partial charge on any atom is 0.123 e. The van der Waals surface area contributed by atoms with E-state index in [-0.39, 0.29) is 6.10 Å². The number of rotatable bonds is 4. The minimum Gasteiger partial charge on any atom is -0.497 e. The molecule has 0 bridgehead atoms. The highest BCUT2D eigenvalue weighted by Gasteiger charge is 2.10. The van der Waals surface area contributed by atoms with Crippen LogP contribution in [0.5, 0.6) is 0 Å².